The van der Waals surface area contributed by atoms with Crippen LogP contribution in [-0.4, -0.2) is 6.67 Å². The average molecular weight is 135 g/mol. The van der Waals surface area contributed by atoms with Crippen LogP contribution in [-0.2, 0) is 0 Å². The highest BCUT2D eigenvalue weighted by atomic mass is 15.1. The molecule has 0 aromatic heterocycles. The van der Waals surface area contributed by atoms with Gasteiger partial charge in [-0.3, -0.25) is 0 Å². The summed E-state index contributed by atoms with van der Waals surface area (Å²) >= 11 is 0. The summed E-state index contributed by atoms with van der Waals surface area (Å²) in [7, 11) is 0. The largest absolute Gasteiger partial charge is 0.365 e. The third-order valence-electron chi connectivity index (χ3n) is 1.14. The first-order valence-corrected chi connectivity index (χ1v) is 3.05. The van der Waals surface area contributed by atoms with E-state index in [9.17, 15) is 0 Å². The SMILES string of the molecule is N=NCNc1ccccc1. The van der Waals surface area contributed by atoms with E-state index in [0.717, 1.165) is 5.69 Å². The van der Waals surface area contributed by atoms with E-state index in [4.69, 9.17) is 5.53 Å². The minimum Gasteiger partial charge on any atom is -0.365 e. The molecule has 3 nitrogen and oxygen atoms in total. The van der Waals surface area contributed by atoms with Crippen molar-refractivity contribution in [1.82, 2.24) is 0 Å². The van der Waals surface area contributed by atoms with Gasteiger partial charge in [-0.05, 0) is 12.1 Å². The van der Waals surface area contributed by atoms with Gasteiger partial charge in [0.05, 0.1) is 0 Å². The normalized spacial score (nSPS) is 8.80. The molecule has 0 unspecified atom stereocenters. The zero-order valence-corrected chi connectivity index (χ0v) is 5.54. The standard InChI is InChI=1S/C7H9N3/c8-10-6-9-7-4-2-1-3-5-7/h1-5,8-9H,6H2. The molecule has 0 amide bonds. The smallest absolute Gasteiger partial charge is 0.128 e. The Kier molecular flexibility index (Phi) is 2.43. The molecule has 0 aliphatic carbocycles. The molecule has 10 heavy (non-hydrogen) atoms. The second-order valence-electron chi connectivity index (χ2n) is 1.86. The van der Waals surface area contributed by atoms with Gasteiger partial charge in [0.2, 0.25) is 0 Å². The molecule has 1 aromatic rings. The molecule has 0 radical (unpaired) electrons. The van der Waals surface area contributed by atoms with Gasteiger partial charge in [-0.1, -0.05) is 18.2 Å². The third-order valence-corrected chi connectivity index (χ3v) is 1.14. The first-order chi connectivity index (χ1) is 4.93. The third kappa shape index (κ3) is 1.85. The first kappa shape index (κ1) is 6.74. The lowest BCUT2D eigenvalue weighted by molar-refractivity contribution is 0.958. The van der Waals surface area contributed by atoms with Crippen LogP contribution in [0, 0.1) is 5.53 Å². The molecule has 0 fully saturated rings. The molecule has 0 aliphatic rings. The van der Waals surface area contributed by atoms with Crippen LogP contribution in [0.3, 0.4) is 0 Å². The van der Waals surface area contributed by atoms with Crippen LogP contribution in [0.4, 0.5) is 5.69 Å². The quantitative estimate of drug-likeness (QED) is 0.612. The molecule has 0 spiro atoms. The second-order valence-corrected chi connectivity index (χ2v) is 1.86. The van der Waals surface area contributed by atoms with E-state index in [2.05, 4.69) is 10.4 Å². The Morgan fingerprint density at radius 3 is 2.60 bits per heavy atom. The molecule has 52 valence electrons. The Morgan fingerprint density at radius 2 is 2.00 bits per heavy atom. The van der Waals surface area contributed by atoms with Crippen LogP contribution >= 0.6 is 0 Å². The summed E-state index contributed by atoms with van der Waals surface area (Å²) in [4.78, 5) is 0. The van der Waals surface area contributed by atoms with E-state index in [0.29, 0.717) is 6.67 Å². The van der Waals surface area contributed by atoms with Crippen molar-refractivity contribution in [1.29, 1.82) is 5.53 Å². The van der Waals surface area contributed by atoms with Gasteiger partial charge in [0.25, 0.3) is 0 Å². The Hall–Kier alpha value is -1.38. The predicted octanol–water partition coefficient (Wildman–Crippen LogP) is 2.09. The average Bonchev–Trinajstić information content (AvgIpc) is 2.03. The highest BCUT2D eigenvalue weighted by Crippen LogP contribution is 2.03. The van der Waals surface area contributed by atoms with Crippen molar-refractivity contribution in [2.24, 2.45) is 5.11 Å². The summed E-state index contributed by atoms with van der Waals surface area (Å²) in [5, 5.41) is 6.11. The van der Waals surface area contributed by atoms with E-state index >= 15 is 0 Å². The van der Waals surface area contributed by atoms with Crippen molar-refractivity contribution in [3.05, 3.63) is 30.3 Å². The van der Waals surface area contributed by atoms with Crippen LogP contribution < -0.4 is 5.32 Å². The highest BCUT2D eigenvalue weighted by molar-refractivity contribution is 5.41. The van der Waals surface area contributed by atoms with E-state index < -0.39 is 0 Å². The molecule has 0 heterocycles. The molecule has 3 heteroatoms. The van der Waals surface area contributed by atoms with Crippen molar-refractivity contribution in [2.75, 3.05) is 12.0 Å². The van der Waals surface area contributed by atoms with Crippen molar-refractivity contribution >= 4 is 5.69 Å². The van der Waals surface area contributed by atoms with Crippen LogP contribution in [0.1, 0.15) is 0 Å². The first-order valence-electron chi connectivity index (χ1n) is 3.05. The molecule has 0 aliphatic heterocycles. The van der Waals surface area contributed by atoms with Gasteiger partial charge in [-0.25, -0.2) is 5.53 Å². The maximum Gasteiger partial charge on any atom is 0.128 e. The van der Waals surface area contributed by atoms with Crippen LogP contribution in [0.15, 0.2) is 35.4 Å². The molecule has 1 rings (SSSR count). The van der Waals surface area contributed by atoms with Crippen molar-refractivity contribution in [3.63, 3.8) is 0 Å². The van der Waals surface area contributed by atoms with Crippen molar-refractivity contribution in [2.45, 2.75) is 0 Å². The van der Waals surface area contributed by atoms with Gasteiger partial charge in [-0.15, -0.1) is 0 Å². The lowest BCUT2D eigenvalue weighted by Crippen LogP contribution is -1.95. The minimum atomic E-state index is 0.351. The van der Waals surface area contributed by atoms with Gasteiger partial charge in [0.1, 0.15) is 6.67 Å². The number of hydrogen-bond donors (Lipinski definition) is 2. The summed E-state index contributed by atoms with van der Waals surface area (Å²) in [6.07, 6.45) is 0. The maximum atomic E-state index is 6.51. The van der Waals surface area contributed by atoms with E-state index in [1.54, 1.807) is 0 Å². The van der Waals surface area contributed by atoms with Gasteiger partial charge in [0.15, 0.2) is 0 Å². The lowest BCUT2D eigenvalue weighted by atomic mass is 10.3. The van der Waals surface area contributed by atoms with Crippen LogP contribution in [0.2, 0.25) is 0 Å². The topological polar surface area (TPSA) is 48.2 Å². The van der Waals surface area contributed by atoms with Gasteiger partial charge in [0, 0.05) is 5.69 Å². The number of nitrogens with one attached hydrogen (secondary N) is 2. The summed E-state index contributed by atoms with van der Waals surface area (Å²) in [5.74, 6) is 0. The summed E-state index contributed by atoms with van der Waals surface area (Å²) in [6.45, 7) is 0.351. The molecule has 0 bridgehead atoms. The lowest BCUT2D eigenvalue weighted by Gasteiger charge is -1.98. The zero-order chi connectivity index (χ0) is 7.23. The molecule has 0 saturated carbocycles. The Bertz CT molecular complexity index is 195. The van der Waals surface area contributed by atoms with Gasteiger partial charge in [-0.2, -0.15) is 5.11 Å². The van der Waals surface area contributed by atoms with Crippen molar-refractivity contribution < 1.29 is 0 Å². The molecular formula is C7H9N3. The summed E-state index contributed by atoms with van der Waals surface area (Å²) < 4.78 is 0. The number of benzene rings is 1. The fourth-order valence-corrected chi connectivity index (χ4v) is 0.687. The second kappa shape index (κ2) is 3.61. The van der Waals surface area contributed by atoms with E-state index in [-0.39, 0.29) is 0 Å². The molecular weight excluding hydrogens is 126 g/mol. The van der Waals surface area contributed by atoms with Gasteiger partial charge < -0.3 is 5.32 Å². The molecule has 0 atom stereocenters. The van der Waals surface area contributed by atoms with Crippen LogP contribution in [0.5, 0.6) is 0 Å². The minimum absolute atomic E-state index is 0.351. The maximum absolute atomic E-state index is 6.51. The Morgan fingerprint density at radius 1 is 1.30 bits per heavy atom. The molecule has 0 saturated heterocycles. The number of anilines is 1. The zero-order valence-electron chi connectivity index (χ0n) is 5.54. The highest BCUT2D eigenvalue weighted by Gasteiger charge is 1.83. The summed E-state index contributed by atoms with van der Waals surface area (Å²) in [6, 6.07) is 9.69. The van der Waals surface area contributed by atoms with Crippen LogP contribution in [0.25, 0.3) is 0 Å². The number of hydrogen-bond acceptors (Lipinski definition) is 3. The fourth-order valence-electron chi connectivity index (χ4n) is 0.687. The predicted molar refractivity (Wildman–Crippen MR) is 40.1 cm³/mol. The number of rotatable bonds is 3. The van der Waals surface area contributed by atoms with E-state index in [1.165, 1.54) is 0 Å². The number of para-hydroxylation sites is 1. The van der Waals surface area contributed by atoms with E-state index in [1.807, 2.05) is 30.3 Å². The monoisotopic (exact) mass is 135 g/mol. The fraction of sp³-hybridized carbons (Fsp3) is 0.143. The summed E-state index contributed by atoms with van der Waals surface area (Å²) in [5.41, 5.74) is 7.51. The molecule has 2 N–H and O–H groups in total. The number of nitrogens with zero attached hydrogens (tertiary/aromatic N) is 1. The van der Waals surface area contributed by atoms with Gasteiger partial charge >= 0.3 is 0 Å². The Balaban J connectivity index is 2.50. The van der Waals surface area contributed by atoms with Crippen molar-refractivity contribution in [3.8, 4) is 0 Å². The molecule has 1 aromatic carbocycles. The Labute approximate surface area is 59.6 Å².